The largest absolute Gasteiger partial charge is 0.309 e. The summed E-state index contributed by atoms with van der Waals surface area (Å²) in [6.07, 6.45) is 0. The van der Waals surface area contributed by atoms with Crippen molar-refractivity contribution >= 4 is 75.1 Å². The summed E-state index contributed by atoms with van der Waals surface area (Å²) in [5, 5.41) is 17.4. The maximum atomic E-state index is 10.1. The summed E-state index contributed by atoms with van der Waals surface area (Å²) >= 11 is 1.82. The van der Waals surface area contributed by atoms with Gasteiger partial charge >= 0.3 is 0 Å². The van der Waals surface area contributed by atoms with Crippen LogP contribution in [0.25, 0.3) is 75.2 Å². The van der Waals surface area contributed by atoms with E-state index in [0.29, 0.717) is 5.56 Å². The summed E-state index contributed by atoms with van der Waals surface area (Å²) in [5.41, 5.74) is 7.45. The number of hydrogen-bond donors (Lipinski definition) is 0. The highest BCUT2D eigenvalue weighted by Gasteiger charge is 2.21. The van der Waals surface area contributed by atoms with E-state index in [1.54, 1.807) is 0 Å². The first-order valence-corrected chi connectivity index (χ1v) is 14.5. The van der Waals surface area contributed by atoms with Crippen molar-refractivity contribution in [2.45, 2.75) is 0 Å². The van der Waals surface area contributed by atoms with Gasteiger partial charge in [0.15, 0.2) is 0 Å². The van der Waals surface area contributed by atoms with Crippen LogP contribution in [0.4, 0.5) is 0 Å². The smallest absolute Gasteiger partial charge is 0.101 e. The molecular weight excluding hydrogens is 518 g/mol. The fourth-order valence-corrected chi connectivity index (χ4v) is 7.94. The number of rotatable bonds is 2. The van der Waals surface area contributed by atoms with Gasteiger partial charge in [0.2, 0.25) is 0 Å². The average Bonchev–Trinajstić information content (AvgIpc) is 3.69. The molecule has 4 heteroatoms. The molecule has 0 aliphatic rings. The molecule has 0 fully saturated rings. The molecule has 6 aromatic carbocycles. The highest BCUT2D eigenvalue weighted by atomic mass is 32.1. The predicted molar refractivity (Wildman–Crippen MR) is 173 cm³/mol. The molecule has 0 saturated carbocycles. The van der Waals surface area contributed by atoms with Gasteiger partial charge < -0.3 is 9.13 Å². The van der Waals surface area contributed by atoms with Crippen LogP contribution in [0.2, 0.25) is 0 Å². The standard InChI is InChI=1S/C37H21N3S/c38-22-23-10-7-14-27-26-13-3-6-18-31(26)40(36(23)27)33-20-8-15-28-35-32(19-9-21-34(35)41-37(28)33)39-29-16-4-1-11-24(29)25-12-2-5-17-30(25)39/h1-21H. The Kier molecular flexibility index (Phi) is 4.55. The minimum Gasteiger partial charge on any atom is -0.309 e. The molecule has 0 atom stereocenters. The topological polar surface area (TPSA) is 33.6 Å². The van der Waals surface area contributed by atoms with Crippen LogP contribution in [0, 0.1) is 11.3 Å². The summed E-state index contributed by atoms with van der Waals surface area (Å²) in [6, 6.07) is 47.5. The molecule has 0 spiro atoms. The Bertz CT molecular complexity index is 2500. The Morgan fingerprint density at radius 3 is 1.73 bits per heavy atom. The second kappa shape index (κ2) is 8.32. The van der Waals surface area contributed by atoms with Crippen molar-refractivity contribution in [1.82, 2.24) is 9.13 Å². The van der Waals surface area contributed by atoms with E-state index in [1.165, 1.54) is 47.7 Å². The van der Waals surface area contributed by atoms with Crippen LogP contribution in [0.5, 0.6) is 0 Å². The molecule has 0 N–H and O–H groups in total. The van der Waals surface area contributed by atoms with Gasteiger partial charge in [-0.15, -0.1) is 11.3 Å². The molecule has 41 heavy (non-hydrogen) atoms. The van der Waals surface area contributed by atoms with E-state index in [-0.39, 0.29) is 0 Å². The fraction of sp³-hybridized carbons (Fsp3) is 0. The average molecular weight is 540 g/mol. The van der Waals surface area contributed by atoms with Crippen LogP contribution >= 0.6 is 11.3 Å². The third-order valence-electron chi connectivity index (χ3n) is 8.36. The lowest BCUT2D eigenvalue weighted by Gasteiger charge is -2.11. The van der Waals surface area contributed by atoms with Crippen LogP contribution in [-0.2, 0) is 0 Å². The van der Waals surface area contributed by atoms with E-state index in [9.17, 15) is 5.26 Å². The molecule has 0 saturated heterocycles. The first kappa shape index (κ1) is 22.4. The lowest BCUT2D eigenvalue weighted by molar-refractivity contribution is 1.19. The number of aromatic nitrogens is 2. The van der Waals surface area contributed by atoms with Gasteiger partial charge in [0, 0.05) is 37.0 Å². The third kappa shape index (κ3) is 2.96. The Hall–Kier alpha value is -5.37. The quantitative estimate of drug-likeness (QED) is 0.215. The zero-order valence-electron chi connectivity index (χ0n) is 21.9. The molecule has 3 aromatic heterocycles. The molecular formula is C37H21N3S. The zero-order valence-corrected chi connectivity index (χ0v) is 22.7. The second-order valence-corrected chi connectivity index (χ2v) is 11.5. The van der Waals surface area contributed by atoms with E-state index in [1.807, 2.05) is 23.5 Å². The van der Waals surface area contributed by atoms with Gasteiger partial charge in [-0.2, -0.15) is 5.26 Å². The van der Waals surface area contributed by atoms with E-state index in [2.05, 4.69) is 130 Å². The number of hydrogen-bond acceptors (Lipinski definition) is 2. The van der Waals surface area contributed by atoms with Crippen molar-refractivity contribution in [2.24, 2.45) is 0 Å². The van der Waals surface area contributed by atoms with Gasteiger partial charge in [-0.05, 0) is 42.5 Å². The molecule has 9 rings (SSSR count). The van der Waals surface area contributed by atoms with E-state index in [0.717, 1.165) is 27.5 Å². The number of nitriles is 1. The molecule has 0 aliphatic heterocycles. The van der Waals surface area contributed by atoms with Crippen LogP contribution < -0.4 is 0 Å². The van der Waals surface area contributed by atoms with Gasteiger partial charge in [0.1, 0.15) is 6.07 Å². The molecule has 0 amide bonds. The lowest BCUT2D eigenvalue weighted by Crippen LogP contribution is -1.96. The summed E-state index contributed by atoms with van der Waals surface area (Å²) in [5.74, 6) is 0. The Morgan fingerprint density at radius 2 is 1.02 bits per heavy atom. The van der Waals surface area contributed by atoms with Crippen molar-refractivity contribution in [3.05, 3.63) is 133 Å². The van der Waals surface area contributed by atoms with Crippen molar-refractivity contribution in [3.8, 4) is 17.4 Å². The van der Waals surface area contributed by atoms with Crippen LogP contribution in [0.1, 0.15) is 5.56 Å². The molecule has 0 bridgehead atoms. The number of nitrogens with zero attached hydrogens (tertiary/aromatic N) is 3. The lowest BCUT2D eigenvalue weighted by atomic mass is 10.1. The highest BCUT2D eigenvalue weighted by Crippen LogP contribution is 2.44. The number of para-hydroxylation sites is 4. The Balaban J connectivity index is 1.43. The van der Waals surface area contributed by atoms with Gasteiger partial charge in [-0.1, -0.05) is 84.9 Å². The first-order valence-electron chi connectivity index (χ1n) is 13.7. The zero-order chi connectivity index (χ0) is 27.1. The van der Waals surface area contributed by atoms with Crippen LogP contribution in [0.3, 0.4) is 0 Å². The van der Waals surface area contributed by atoms with Gasteiger partial charge in [-0.3, -0.25) is 0 Å². The Labute approximate surface area is 239 Å². The summed E-state index contributed by atoms with van der Waals surface area (Å²) < 4.78 is 7.17. The van der Waals surface area contributed by atoms with Gasteiger partial charge in [0.05, 0.1) is 43.7 Å². The SMILES string of the molecule is N#Cc1cccc2c3ccccc3n(-c3cccc4c3sc3cccc(-n5c6ccccc6c6ccccc65)c34)c12. The fourth-order valence-electron chi connectivity index (χ4n) is 6.72. The Morgan fingerprint density at radius 1 is 0.488 bits per heavy atom. The molecule has 190 valence electrons. The maximum absolute atomic E-state index is 10.1. The van der Waals surface area contributed by atoms with E-state index >= 15 is 0 Å². The molecule has 9 aromatic rings. The highest BCUT2D eigenvalue weighted by molar-refractivity contribution is 7.26. The van der Waals surface area contributed by atoms with Crippen molar-refractivity contribution in [2.75, 3.05) is 0 Å². The van der Waals surface area contributed by atoms with Crippen molar-refractivity contribution in [1.29, 1.82) is 5.26 Å². The molecule has 0 unspecified atom stereocenters. The molecule has 0 radical (unpaired) electrons. The molecule has 3 heterocycles. The summed E-state index contributed by atoms with van der Waals surface area (Å²) in [4.78, 5) is 0. The van der Waals surface area contributed by atoms with Gasteiger partial charge in [0.25, 0.3) is 0 Å². The normalized spacial score (nSPS) is 11.9. The summed E-state index contributed by atoms with van der Waals surface area (Å²) in [7, 11) is 0. The monoisotopic (exact) mass is 539 g/mol. The number of fused-ring (bicyclic) bond motifs is 9. The van der Waals surface area contributed by atoms with E-state index in [4.69, 9.17) is 0 Å². The van der Waals surface area contributed by atoms with Gasteiger partial charge in [-0.25, -0.2) is 0 Å². The van der Waals surface area contributed by atoms with Crippen LogP contribution in [-0.4, -0.2) is 9.13 Å². The van der Waals surface area contributed by atoms with Crippen LogP contribution in [0.15, 0.2) is 127 Å². The van der Waals surface area contributed by atoms with E-state index < -0.39 is 0 Å². The first-order chi connectivity index (χ1) is 20.3. The summed E-state index contributed by atoms with van der Waals surface area (Å²) in [6.45, 7) is 0. The third-order valence-corrected chi connectivity index (χ3v) is 9.55. The molecule has 0 aliphatic carbocycles. The minimum atomic E-state index is 0.683. The predicted octanol–water partition coefficient (Wildman–Crippen LogP) is 10.1. The maximum Gasteiger partial charge on any atom is 0.101 e. The van der Waals surface area contributed by atoms with Crippen molar-refractivity contribution < 1.29 is 0 Å². The van der Waals surface area contributed by atoms with Crippen molar-refractivity contribution in [3.63, 3.8) is 0 Å². The minimum absolute atomic E-state index is 0.683. The number of benzene rings is 6. The molecule has 3 nitrogen and oxygen atoms in total. The number of thiophene rings is 1. The second-order valence-electron chi connectivity index (χ2n) is 10.4.